The van der Waals surface area contributed by atoms with Crippen molar-refractivity contribution in [3.05, 3.63) is 58.7 Å². The number of nitrogens with zero attached hydrogens (tertiary/aromatic N) is 4. The van der Waals surface area contributed by atoms with Crippen LogP contribution in [0.1, 0.15) is 23.9 Å². The zero-order chi connectivity index (χ0) is 21.3. The highest BCUT2D eigenvalue weighted by Crippen LogP contribution is 2.47. The molecule has 3 aromatic heterocycles. The van der Waals surface area contributed by atoms with Crippen molar-refractivity contribution in [2.45, 2.75) is 24.2 Å². The summed E-state index contributed by atoms with van der Waals surface area (Å²) in [7, 11) is 3.38. The van der Waals surface area contributed by atoms with Gasteiger partial charge in [-0.25, -0.2) is 4.98 Å². The summed E-state index contributed by atoms with van der Waals surface area (Å²) in [6.07, 6.45) is 8.17. The van der Waals surface area contributed by atoms with E-state index in [9.17, 15) is 4.79 Å². The molecule has 0 spiro atoms. The lowest BCUT2D eigenvalue weighted by Crippen LogP contribution is -2.18. The highest BCUT2D eigenvalue weighted by molar-refractivity contribution is 7.98. The molecule has 4 rings (SSSR count). The van der Waals surface area contributed by atoms with Gasteiger partial charge >= 0.3 is 0 Å². The van der Waals surface area contributed by atoms with Crippen molar-refractivity contribution < 1.29 is 9.47 Å². The molecule has 0 amide bonds. The van der Waals surface area contributed by atoms with Gasteiger partial charge in [-0.2, -0.15) is 4.98 Å². The van der Waals surface area contributed by atoms with Crippen molar-refractivity contribution in [3.8, 4) is 22.8 Å². The summed E-state index contributed by atoms with van der Waals surface area (Å²) < 4.78 is 12.9. The van der Waals surface area contributed by atoms with Gasteiger partial charge in [0.15, 0.2) is 0 Å². The molecule has 1 saturated carbocycles. The van der Waals surface area contributed by atoms with E-state index in [2.05, 4.69) is 15.0 Å². The van der Waals surface area contributed by atoms with Gasteiger partial charge in [-0.3, -0.25) is 9.78 Å². The average molecular weight is 425 g/mol. The van der Waals surface area contributed by atoms with Crippen LogP contribution < -0.4 is 15.0 Å². The normalized spacial score (nSPS) is 17.6. The number of aryl methyl sites for hydroxylation is 2. The fourth-order valence-corrected chi connectivity index (χ4v) is 4.19. The summed E-state index contributed by atoms with van der Waals surface area (Å²) in [5, 5.41) is 0. The van der Waals surface area contributed by atoms with E-state index < -0.39 is 0 Å². The van der Waals surface area contributed by atoms with Crippen molar-refractivity contribution in [2.75, 3.05) is 20.0 Å². The lowest BCUT2D eigenvalue weighted by Gasteiger charge is -2.13. The molecule has 3 heterocycles. The highest BCUT2D eigenvalue weighted by Gasteiger charge is 2.40. The third kappa shape index (κ3) is 4.05. The molecule has 156 valence electrons. The van der Waals surface area contributed by atoms with Crippen LogP contribution in [-0.4, -0.2) is 39.5 Å². The van der Waals surface area contributed by atoms with Crippen molar-refractivity contribution in [1.29, 1.82) is 0 Å². The van der Waals surface area contributed by atoms with Gasteiger partial charge in [0, 0.05) is 42.5 Å². The van der Waals surface area contributed by atoms with E-state index in [-0.39, 0.29) is 5.56 Å². The van der Waals surface area contributed by atoms with E-state index in [0.717, 1.165) is 29.0 Å². The average Bonchev–Trinajstić information content (AvgIpc) is 3.54. The zero-order valence-corrected chi connectivity index (χ0v) is 18.3. The van der Waals surface area contributed by atoms with Gasteiger partial charge in [-0.15, -0.1) is 11.8 Å². The molecule has 3 aromatic rings. The molecule has 0 N–H and O–H groups in total. The monoisotopic (exact) mass is 424 g/mol. The zero-order valence-electron chi connectivity index (χ0n) is 17.5. The first-order valence-corrected chi connectivity index (χ1v) is 10.9. The third-order valence-electron chi connectivity index (χ3n) is 5.32. The van der Waals surface area contributed by atoms with Crippen molar-refractivity contribution in [3.63, 3.8) is 0 Å². The maximum Gasteiger partial charge on any atom is 0.264 e. The van der Waals surface area contributed by atoms with Crippen LogP contribution in [0.5, 0.6) is 11.6 Å². The van der Waals surface area contributed by atoms with Crippen LogP contribution >= 0.6 is 11.8 Å². The Morgan fingerprint density at radius 2 is 2.03 bits per heavy atom. The Hall–Kier alpha value is -2.87. The fraction of sp³-hybridized carbons (Fsp3) is 0.364. The second-order valence-corrected chi connectivity index (χ2v) is 8.17. The smallest absolute Gasteiger partial charge is 0.264 e. The first-order chi connectivity index (χ1) is 14.5. The summed E-state index contributed by atoms with van der Waals surface area (Å²) in [5.74, 6) is 2.67. The summed E-state index contributed by atoms with van der Waals surface area (Å²) in [6.45, 7) is 2.37. The molecule has 1 aliphatic rings. The molecule has 0 bridgehead atoms. The van der Waals surface area contributed by atoms with Crippen LogP contribution in [-0.2, 0) is 7.05 Å². The maximum absolute atomic E-state index is 12.5. The van der Waals surface area contributed by atoms with Gasteiger partial charge in [0.05, 0.1) is 30.4 Å². The van der Waals surface area contributed by atoms with E-state index in [1.807, 2.05) is 31.4 Å². The van der Waals surface area contributed by atoms with Crippen LogP contribution in [0, 0.1) is 12.8 Å². The van der Waals surface area contributed by atoms with Crippen LogP contribution in [0.2, 0.25) is 0 Å². The van der Waals surface area contributed by atoms with Crippen molar-refractivity contribution in [2.24, 2.45) is 13.0 Å². The Morgan fingerprint density at radius 1 is 1.20 bits per heavy atom. The number of methoxy groups -OCH3 is 1. The molecule has 0 saturated heterocycles. The SMILES string of the molecule is COc1ccc([C@@H]2C[C@H]2COc2nc(C)ncc2-c2ccn(C)c(=O)c2SC)nc1. The number of ether oxygens (including phenoxy) is 2. The predicted molar refractivity (Wildman–Crippen MR) is 116 cm³/mol. The molecule has 30 heavy (non-hydrogen) atoms. The number of hydrogen-bond donors (Lipinski definition) is 0. The number of thioether (sulfide) groups is 1. The molecular formula is C22H24N4O3S. The molecule has 8 heteroatoms. The Labute approximate surface area is 179 Å². The molecule has 1 aliphatic carbocycles. The van der Waals surface area contributed by atoms with Gasteiger partial charge in [-0.1, -0.05) is 0 Å². The predicted octanol–water partition coefficient (Wildman–Crippen LogP) is 3.46. The summed E-state index contributed by atoms with van der Waals surface area (Å²) in [5.41, 5.74) is 2.55. The van der Waals surface area contributed by atoms with Gasteiger partial charge < -0.3 is 14.0 Å². The highest BCUT2D eigenvalue weighted by atomic mass is 32.2. The summed E-state index contributed by atoms with van der Waals surface area (Å²) in [6, 6.07) is 5.86. The maximum atomic E-state index is 12.5. The summed E-state index contributed by atoms with van der Waals surface area (Å²) in [4.78, 5) is 26.5. The van der Waals surface area contributed by atoms with Crippen molar-refractivity contribution in [1.82, 2.24) is 19.5 Å². The van der Waals surface area contributed by atoms with Crippen LogP contribution in [0.25, 0.3) is 11.1 Å². The Morgan fingerprint density at radius 3 is 2.73 bits per heavy atom. The van der Waals surface area contributed by atoms with Gasteiger partial charge in [-0.05, 0) is 37.8 Å². The van der Waals surface area contributed by atoms with E-state index >= 15 is 0 Å². The molecule has 0 radical (unpaired) electrons. The molecule has 1 fully saturated rings. The minimum atomic E-state index is -0.0423. The quantitative estimate of drug-likeness (QED) is 0.538. The van der Waals surface area contributed by atoms with Gasteiger partial charge in [0.25, 0.3) is 5.56 Å². The lowest BCUT2D eigenvalue weighted by atomic mass is 10.1. The van der Waals surface area contributed by atoms with Gasteiger partial charge in [0.1, 0.15) is 11.6 Å². The number of aromatic nitrogens is 4. The van der Waals surface area contributed by atoms with Crippen LogP contribution in [0.15, 0.2) is 46.5 Å². The standard InChI is InChI=1S/C22H24N4O3S/c1-13-23-11-18(16-7-8-26(2)22(27)20(16)30-4)21(25-13)29-12-14-9-17(14)19-6-5-15(28-3)10-24-19/h5-8,10-11,14,17H,9,12H2,1-4H3/t14-,17+/m0/s1. The Bertz CT molecular complexity index is 1110. The second kappa shape index (κ2) is 8.47. The topological polar surface area (TPSA) is 79.1 Å². The number of pyridine rings is 2. The van der Waals surface area contributed by atoms with Crippen LogP contribution in [0.3, 0.4) is 0 Å². The number of hydrogen-bond acceptors (Lipinski definition) is 7. The van der Waals surface area contributed by atoms with E-state index in [1.165, 1.54) is 11.8 Å². The van der Waals surface area contributed by atoms with E-state index in [4.69, 9.17) is 9.47 Å². The number of rotatable bonds is 7. The largest absolute Gasteiger partial charge is 0.495 e. The first-order valence-electron chi connectivity index (χ1n) is 9.72. The van der Waals surface area contributed by atoms with Gasteiger partial charge in [0.2, 0.25) is 5.88 Å². The molecule has 0 aromatic carbocycles. The second-order valence-electron chi connectivity index (χ2n) is 7.35. The van der Waals surface area contributed by atoms with E-state index in [0.29, 0.717) is 35.0 Å². The molecule has 7 nitrogen and oxygen atoms in total. The first kappa shape index (κ1) is 20.4. The third-order valence-corrected chi connectivity index (χ3v) is 6.13. The lowest BCUT2D eigenvalue weighted by molar-refractivity contribution is 0.285. The fourth-order valence-electron chi connectivity index (χ4n) is 3.47. The Balaban J connectivity index is 1.54. The molecule has 0 unspecified atom stereocenters. The Kier molecular flexibility index (Phi) is 5.76. The molecule has 0 aliphatic heterocycles. The van der Waals surface area contributed by atoms with E-state index in [1.54, 1.807) is 37.3 Å². The molecule has 2 atom stereocenters. The van der Waals surface area contributed by atoms with Crippen molar-refractivity contribution >= 4 is 11.8 Å². The van der Waals surface area contributed by atoms with Crippen LogP contribution in [0.4, 0.5) is 0 Å². The minimum absolute atomic E-state index is 0.0423. The molecular weight excluding hydrogens is 400 g/mol. The summed E-state index contributed by atoms with van der Waals surface area (Å²) >= 11 is 1.42. The minimum Gasteiger partial charge on any atom is -0.495 e.